The Labute approximate surface area is 103 Å². The van der Waals surface area contributed by atoms with Crippen LogP contribution in [-0.4, -0.2) is 47.3 Å². The number of likely N-dealkylation sites (tertiary alicyclic amines) is 2. The van der Waals surface area contributed by atoms with Crippen LogP contribution >= 0.6 is 0 Å². The first-order valence-electron chi connectivity index (χ1n) is 6.78. The van der Waals surface area contributed by atoms with E-state index in [0.29, 0.717) is 6.42 Å². The van der Waals surface area contributed by atoms with Gasteiger partial charge in [0, 0.05) is 26.1 Å². The van der Waals surface area contributed by atoms with E-state index in [-0.39, 0.29) is 17.9 Å². The van der Waals surface area contributed by atoms with Gasteiger partial charge < -0.3 is 9.80 Å². The van der Waals surface area contributed by atoms with Gasteiger partial charge in [-0.1, -0.05) is 0 Å². The zero-order valence-electron chi connectivity index (χ0n) is 10.7. The third kappa shape index (κ3) is 2.79. The van der Waals surface area contributed by atoms with Crippen LogP contribution in [0.3, 0.4) is 0 Å². The predicted octanol–water partition coefficient (Wildman–Crippen LogP) is 1.40. The second kappa shape index (κ2) is 5.52. The van der Waals surface area contributed by atoms with Crippen molar-refractivity contribution in [3.8, 4) is 0 Å². The predicted molar refractivity (Wildman–Crippen MR) is 65.5 cm³/mol. The lowest BCUT2D eigenvalue weighted by atomic mass is 10.1. The zero-order chi connectivity index (χ0) is 12.3. The van der Waals surface area contributed by atoms with Crippen LogP contribution < -0.4 is 0 Å². The Hall–Kier alpha value is -1.06. The van der Waals surface area contributed by atoms with Crippen molar-refractivity contribution in [3.63, 3.8) is 0 Å². The lowest BCUT2D eigenvalue weighted by Gasteiger charge is -2.36. The van der Waals surface area contributed by atoms with Crippen LogP contribution in [0.1, 0.15) is 45.4 Å². The number of hydrogen-bond donors (Lipinski definition) is 0. The SMILES string of the molecule is CC(C(=O)N1CCCCC1)N1CCCCC1=O. The maximum atomic E-state index is 12.3. The lowest BCUT2D eigenvalue weighted by molar-refractivity contribution is -0.147. The molecule has 4 nitrogen and oxygen atoms in total. The van der Waals surface area contributed by atoms with Gasteiger partial charge in [-0.3, -0.25) is 9.59 Å². The summed E-state index contributed by atoms with van der Waals surface area (Å²) in [7, 11) is 0. The second-order valence-corrected chi connectivity index (χ2v) is 5.11. The molecule has 0 saturated carbocycles. The molecule has 0 aromatic heterocycles. The summed E-state index contributed by atoms with van der Waals surface area (Å²) in [6, 6.07) is -0.263. The number of rotatable bonds is 2. The molecule has 2 aliphatic heterocycles. The number of amides is 2. The average molecular weight is 238 g/mol. The number of nitrogens with zero attached hydrogens (tertiary/aromatic N) is 2. The quantitative estimate of drug-likeness (QED) is 0.729. The first-order valence-corrected chi connectivity index (χ1v) is 6.78. The molecule has 2 amide bonds. The summed E-state index contributed by atoms with van der Waals surface area (Å²) >= 11 is 0. The van der Waals surface area contributed by atoms with Gasteiger partial charge in [-0.05, 0) is 39.0 Å². The topological polar surface area (TPSA) is 40.6 Å². The first kappa shape index (κ1) is 12.4. The third-order valence-corrected chi connectivity index (χ3v) is 3.85. The van der Waals surface area contributed by atoms with Gasteiger partial charge in [0.25, 0.3) is 0 Å². The number of piperidine rings is 2. The fourth-order valence-electron chi connectivity index (χ4n) is 2.75. The van der Waals surface area contributed by atoms with E-state index in [4.69, 9.17) is 0 Å². The number of carbonyl (C=O) groups excluding carboxylic acids is 2. The molecule has 4 heteroatoms. The molecule has 2 heterocycles. The van der Waals surface area contributed by atoms with E-state index in [1.165, 1.54) is 6.42 Å². The maximum Gasteiger partial charge on any atom is 0.245 e. The normalized spacial score (nSPS) is 23.7. The van der Waals surface area contributed by atoms with Gasteiger partial charge in [-0.25, -0.2) is 0 Å². The Kier molecular flexibility index (Phi) is 4.02. The molecule has 1 unspecified atom stereocenters. The van der Waals surface area contributed by atoms with Gasteiger partial charge in [0.15, 0.2) is 0 Å². The van der Waals surface area contributed by atoms with Crippen molar-refractivity contribution in [1.82, 2.24) is 9.80 Å². The second-order valence-electron chi connectivity index (χ2n) is 5.11. The average Bonchev–Trinajstić information content (AvgIpc) is 2.39. The van der Waals surface area contributed by atoms with Crippen LogP contribution in [-0.2, 0) is 9.59 Å². The smallest absolute Gasteiger partial charge is 0.245 e. The van der Waals surface area contributed by atoms with E-state index in [0.717, 1.165) is 45.3 Å². The standard InChI is InChI=1S/C13H22N2O2/c1-11(15-10-6-3-7-12(15)16)13(17)14-8-4-2-5-9-14/h11H,2-10H2,1H3. The highest BCUT2D eigenvalue weighted by Crippen LogP contribution is 2.17. The lowest BCUT2D eigenvalue weighted by Crippen LogP contribution is -2.52. The Morgan fingerprint density at radius 2 is 1.71 bits per heavy atom. The van der Waals surface area contributed by atoms with Gasteiger partial charge in [-0.2, -0.15) is 0 Å². The molecule has 96 valence electrons. The molecule has 0 aromatic rings. The molecular formula is C13H22N2O2. The Balaban J connectivity index is 1.95. The van der Waals surface area contributed by atoms with Crippen LogP contribution in [0.5, 0.6) is 0 Å². The van der Waals surface area contributed by atoms with Crippen LogP contribution in [0.2, 0.25) is 0 Å². The molecule has 2 fully saturated rings. The molecule has 0 aliphatic carbocycles. The van der Waals surface area contributed by atoms with E-state index in [1.54, 1.807) is 4.90 Å². The minimum Gasteiger partial charge on any atom is -0.341 e. The Bertz CT molecular complexity index is 298. The van der Waals surface area contributed by atoms with Crippen LogP contribution in [0.15, 0.2) is 0 Å². The number of carbonyl (C=O) groups is 2. The van der Waals surface area contributed by atoms with Crippen LogP contribution in [0.4, 0.5) is 0 Å². The van der Waals surface area contributed by atoms with Crippen LogP contribution in [0.25, 0.3) is 0 Å². The highest BCUT2D eigenvalue weighted by atomic mass is 16.2. The molecule has 2 saturated heterocycles. The molecule has 2 rings (SSSR count). The summed E-state index contributed by atoms with van der Waals surface area (Å²) in [5, 5.41) is 0. The van der Waals surface area contributed by atoms with Gasteiger partial charge in [0.2, 0.25) is 11.8 Å². The van der Waals surface area contributed by atoms with E-state index in [1.807, 2.05) is 11.8 Å². The highest BCUT2D eigenvalue weighted by molar-refractivity contribution is 5.87. The maximum absolute atomic E-state index is 12.3. The monoisotopic (exact) mass is 238 g/mol. The van der Waals surface area contributed by atoms with Gasteiger partial charge in [-0.15, -0.1) is 0 Å². The fraction of sp³-hybridized carbons (Fsp3) is 0.846. The Morgan fingerprint density at radius 3 is 2.35 bits per heavy atom. The molecule has 1 atom stereocenters. The molecule has 0 spiro atoms. The van der Waals surface area contributed by atoms with Crippen molar-refractivity contribution >= 4 is 11.8 Å². The minimum atomic E-state index is -0.263. The third-order valence-electron chi connectivity index (χ3n) is 3.85. The van der Waals surface area contributed by atoms with Gasteiger partial charge in [0.1, 0.15) is 6.04 Å². The van der Waals surface area contributed by atoms with Crippen molar-refractivity contribution in [2.24, 2.45) is 0 Å². The molecule has 0 aromatic carbocycles. The minimum absolute atomic E-state index is 0.139. The van der Waals surface area contributed by atoms with Gasteiger partial charge in [0.05, 0.1) is 0 Å². The molecule has 0 N–H and O–H groups in total. The first-order chi connectivity index (χ1) is 8.20. The molecule has 0 bridgehead atoms. The summed E-state index contributed by atoms with van der Waals surface area (Å²) in [5.74, 6) is 0.286. The largest absolute Gasteiger partial charge is 0.341 e. The van der Waals surface area contributed by atoms with Crippen molar-refractivity contribution in [2.45, 2.75) is 51.5 Å². The summed E-state index contributed by atoms with van der Waals surface area (Å²) in [6.45, 7) is 4.36. The summed E-state index contributed by atoms with van der Waals surface area (Å²) in [6.07, 6.45) is 6.04. The van der Waals surface area contributed by atoms with Crippen LogP contribution in [0, 0.1) is 0 Å². The van der Waals surface area contributed by atoms with Crippen molar-refractivity contribution < 1.29 is 9.59 Å². The molecule has 2 aliphatic rings. The Morgan fingerprint density at radius 1 is 1.06 bits per heavy atom. The van der Waals surface area contributed by atoms with E-state index in [2.05, 4.69) is 0 Å². The van der Waals surface area contributed by atoms with Crippen molar-refractivity contribution in [2.75, 3.05) is 19.6 Å². The van der Waals surface area contributed by atoms with E-state index >= 15 is 0 Å². The highest BCUT2D eigenvalue weighted by Gasteiger charge is 2.30. The number of hydrogen-bond acceptors (Lipinski definition) is 2. The summed E-state index contributed by atoms with van der Waals surface area (Å²) in [5.41, 5.74) is 0. The molecule has 17 heavy (non-hydrogen) atoms. The summed E-state index contributed by atoms with van der Waals surface area (Å²) < 4.78 is 0. The molecule has 0 radical (unpaired) electrons. The zero-order valence-corrected chi connectivity index (χ0v) is 10.7. The van der Waals surface area contributed by atoms with Crippen molar-refractivity contribution in [3.05, 3.63) is 0 Å². The fourth-order valence-corrected chi connectivity index (χ4v) is 2.75. The molecular weight excluding hydrogens is 216 g/mol. The van der Waals surface area contributed by atoms with Crippen molar-refractivity contribution in [1.29, 1.82) is 0 Å². The van der Waals surface area contributed by atoms with E-state index in [9.17, 15) is 9.59 Å². The van der Waals surface area contributed by atoms with E-state index < -0.39 is 0 Å². The summed E-state index contributed by atoms with van der Waals surface area (Å²) in [4.78, 5) is 27.7. The van der Waals surface area contributed by atoms with Gasteiger partial charge >= 0.3 is 0 Å².